The number of Topliss-reactive ketones (excluding diaryl/α,β-unsaturated/α-hetero) is 1. The van der Waals surface area contributed by atoms with Gasteiger partial charge in [0.1, 0.15) is 5.01 Å². The second kappa shape index (κ2) is 7.14. The van der Waals surface area contributed by atoms with Gasteiger partial charge in [-0.05, 0) is 26.3 Å². The number of thiazole rings is 1. The minimum atomic E-state index is -0.891. The van der Waals surface area contributed by atoms with E-state index in [9.17, 15) is 10.1 Å². The third-order valence-corrected chi connectivity index (χ3v) is 4.22. The lowest BCUT2D eigenvalue weighted by Gasteiger charge is -2.12. The zero-order chi connectivity index (χ0) is 16.1. The van der Waals surface area contributed by atoms with Crippen LogP contribution in [0.5, 0.6) is 5.88 Å². The Kier molecular flexibility index (Phi) is 5.23. The molecule has 2 atom stereocenters. The lowest BCUT2D eigenvalue weighted by atomic mass is 10.0. The standard InChI is InChI=1S/C16H17N3O2S/c1-4-11(3)21-14-7-12(5-6-18-14)15(20)13(8-17)16-19-10(2)9-22-16/h5-7,9,11,13H,4H2,1-3H3/t11-,13+/m1/s1. The van der Waals surface area contributed by atoms with Gasteiger partial charge in [0.2, 0.25) is 5.88 Å². The highest BCUT2D eigenvalue weighted by molar-refractivity contribution is 7.10. The van der Waals surface area contributed by atoms with Crippen molar-refractivity contribution in [3.05, 3.63) is 40.0 Å². The number of ether oxygens (including phenoxy) is 1. The molecule has 0 aromatic carbocycles. The average Bonchev–Trinajstić information content (AvgIpc) is 2.94. The quantitative estimate of drug-likeness (QED) is 0.762. The Labute approximate surface area is 133 Å². The van der Waals surface area contributed by atoms with Gasteiger partial charge in [-0.2, -0.15) is 5.26 Å². The van der Waals surface area contributed by atoms with Crippen molar-refractivity contribution < 1.29 is 9.53 Å². The molecule has 0 aliphatic rings. The summed E-state index contributed by atoms with van der Waals surface area (Å²) in [4.78, 5) is 20.9. The molecule has 114 valence electrons. The largest absolute Gasteiger partial charge is 0.475 e. The lowest BCUT2D eigenvalue weighted by Crippen LogP contribution is -2.14. The van der Waals surface area contributed by atoms with E-state index in [0.29, 0.717) is 16.5 Å². The van der Waals surface area contributed by atoms with Crippen LogP contribution in [0.25, 0.3) is 0 Å². The van der Waals surface area contributed by atoms with Gasteiger partial charge < -0.3 is 4.74 Å². The first-order chi connectivity index (χ1) is 10.5. The van der Waals surface area contributed by atoms with Crippen molar-refractivity contribution >= 4 is 17.1 Å². The van der Waals surface area contributed by atoms with Crippen LogP contribution in [0.2, 0.25) is 0 Å². The zero-order valence-corrected chi connectivity index (χ0v) is 13.6. The lowest BCUT2D eigenvalue weighted by molar-refractivity contribution is 0.0977. The van der Waals surface area contributed by atoms with E-state index in [-0.39, 0.29) is 11.9 Å². The van der Waals surface area contributed by atoms with Crippen LogP contribution >= 0.6 is 11.3 Å². The van der Waals surface area contributed by atoms with Crippen LogP contribution in [0.1, 0.15) is 47.2 Å². The molecule has 0 bridgehead atoms. The van der Waals surface area contributed by atoms with Crippen molar-refractivity contribution in [2.75, 3.05) is 0 Å². The number of rotatable bonds is 6. The molecule has 0 aliphatic heterocycles. The number of aryl methyl sites for hydroxylation is 1. The van der Waals surface area contributed by atoms with Gasteiger partial charge in [-0.25, -0.2) is 9.97 Å². The predicted molar refractivity (Wildman–Crippen MR) is 84.2 cm³/mol. The molecular formula is C16H17N3O2S. The highest BCUT2D eigenvalue weighted by Crippen LogP contribution is 2.25. The molecule has 0 N–H and O–H groups in total. The molecule has 0 saturated carbocycles. The first-order valence-corrected chi connectivity index (χ1v) is 7.91. The normalized spacial score (nSPS) is 13.2. The maximum absolute atomic E-state index is 12.6. The van der Waals surface area contributed by atoms with Crippen molar-refractivity contribution in [2.45, 2.75) is 39.2 Å². The van der Waals surface area contributed by atoms with Gasteiger partial charge in [0.15, 0.2) is 11.7 Å². The first-order valence-electron chi connectivity index (χ1n) is 7.03. The summed E-state index contributed by atoms with van der Waals surface area (Å²) in [5.41, 5.74) is 1.22. The summed E-state index contributed by atoms with van der Waals surface area (Å²) in [6, 6.07) is 5.21. The Morgan fingerprint density at radius 1 is 1.55 bits per heavy atom. The molecule has 2 heterocycles. The predicted octanol–water partition coefficient (Wildman–Crippen LogP) is 3.51. The number of hydrogen-bond donors (Lipinski definition) is 0. The third-order valence-electron chi connectivity index (χ3n) is 3.19. The Morgan fingerprint density at radius 2 is 2.32 bits per heavy atom. The minimum Gasteiger partial charge on any atom is -0.475 e. The summed E-state index contributed by atoms with van der Waals surface area (Å²) in [7, 11) is 0. The molecular weight excluding hydrogens is 298 g/mol. The van der Waals surface area contributed by atoms with Crippen LogP contribution in [0.4, 0.5) is 0 Å². The van der Waals surface area contributed by atoms with E-state index in [0.717, 1.165) is 12.1 Å². The number of carbonyl (C=O) groups excluding carboxylic acids is 1. The van der Waals surface area contributed by atoms with Gasteiger partial charge in [0.05, 0.1) is 12.2 Å². The van der Waals surface area contributed by atoms with E-state index < -0.39 is 5.92 Å². The van der Waals surface area contributed by atoms with Crippen LogP contribution in [0.15, 0.2) is 23.7 Å². The van der Waals surface area contributed by atoms with Gasteiger partial charge in [-0.1, -0.05) is 6.92 Å². The highest BCUT2D eigenvalue weighted by atomic mass is 32.1. The van der Waals surface area contributed by atoms with Crippen LogP contribution in [-0.2, 0) is 0 Å². The van der Waals surface area contributed by atoms with Crippen molar-refractivity contribution in [2.24, 2.45) is 0 Å². The number of carbonyl (C=O) groups is 1. The molecule has 0 radical (unpaired) electrons. The maximum atomic E-state index is 12.6. The Hall–Kier alpha value is -2.26. The van der Waals surface area contributed by atoms with Gasteiger partial charge in [-0.3, -0.25) is 4.79 Å². The van der Waals surface area contributed by atoms with E-state index in [1.807, 2.05) is 32.2 Å². The van der Waals surface area contributed by atoms with Crippen LogP contribution in [0.3, 0.4) is 0 Å². The molecule has 0 fully saturated rings. The smallest absolute Gasteiger partial charge is 0.214 e. The zero-order valence-electron chi connectivity index (χ0n) is 12.7. The molecule has 5 nitrogen and oxygen atoms in total. The van der Waals surface area contributed by atoms with Crippen molar-refractivity contribution in [1.29, 1.82) is 5.26 Å². The molecule has 0 unspecified atom stereocenters. The summed E-state index contributed by atoms with van der Waals surface area (Å²) in [5.74, 6) is -0.780. The fraction of sp³-hybridized carbons (Fsp3) is 0.375. The van der Waals surface area contributed by atoms with Gasteiger partial charge in [0.25, 0.3) is 0 Å². The first kappa shape index (κ1) is 16.1. The molecule has 0 saturated heterocycles. The highest BCUT2D eigenvalue weighted by Gasteiger charge is 2.25. The summed E-state index contributed by atoms with van der Waals surface area (Å²) in [5, 5.41) is 11.7. The number of hydrogen-bond acceptors (Lipinski definition) is 6. The average molecular weight is 315 g/mol. The summed E-state index contributed by atoms with van der Waals surface area (Å²) in [6.45, 7) is 5.78. The Bertz CT molecular complexity index is 705. The number of aromatic nitrogens is 2. The SMILES string of the molecule is CC[C@@H](C)Oc1cc(C(=O)[C@H](C#N)c2nc(C)cs2)ccn1. The fourth-order valence-corrected chi connectivity index (χ4v) is 2.65. The van der Waals surface area contributed by atoms with Crippen molar-refractivity contribution in [3.63, 3.8) is 0 Å². The summed E-state index contributed by atoms with van der Waals surface area (Å²) in [6.07, 6.45) is 2.39. The van der Waals surface area contributed by atoms with E-state index in [1.54, 1.807) is 12.1 Å². The molecule has 2 rings (SSSR count). The molecule has 22 heavy (non-hydrogen) atoms. The Balaban J connectivity index is 2.25. The van der Waals surface area contributed by atoms with Crippen LogP contribution in [-0.4, -0.2) is 21.9 Å². The topological polar surface area (TPSA) is 75.9 Å². The molecule has 2 aromatic rings. The second-order valence-electron chi connectivity index (χ2n) is 4.97. The minimum absolute atomic E-state index is 0.0197. The van der Waals surface area contributed by atoms with E-state index in [2.05, 4.69) is 9.97 Å². The number of ketones is 1. The van der Waals surface area contributed by atoms with Crippen molar-refractivity contribution in [3.8, 4) is 11.9 Å². The second-order valence-corrected chi connectivity index (χ2v) is 5.86. The number of pyridine rings is 1. The van der Waals surface area contributed by atoms with Crippen molar-refractivity contribution in [1.82, 2.24) is 9.97 Å². The monoisotopic (exact) mass is 315 g/mol. The molecule has 0 aliphatic carbocycles. The number of nitriles is 1. The van der Waals surface area contributed by atoms with Gasteiger partial charge >= 0.3 is 0 Å². The van der Waals surface area contributed by atoms with E-state index in [1.165, 1.54) is 17.5 Å². The fourth-order valence-electron chi connectivity index (χ4n) is 1.81. The van der Waals surface area contributed by atoms with E-state index >= 15 is 0 Å². The van der Waals surface area contributed by atoms with Gasteiger partial charge in [-0.15, -0.1) is 11.3 Å². The molecule has 0 spiro atoms. The van der Waals surface area contributed by atoms with Crippen LogP contribution in [0, 0.1) is 18.3 Å². The summed E-state index contributed by atoms with van der Waals surface area (Å²) >= 11 is 1.32. The molecule has 0 amide bonds. The number of nitrogens with zero attached hydrogens (tertiary/aromatic N) is 3. The van der Waals surface area contributed by atoms with Crippen LogP contribution < -0.4 is 4.74 Å². The van der Waals surface area contributed by atoms with Gasteiger partial charge in [0, 0.05) is 28.9 Å². The Morgan fingerprint density at radius 3 is 2.91 bits per heavy atom. The third kappa shape index (κ3) is 3.68. The molecule has 2 aromatic heterocycles. The maximum Gasteiger partial charge on any atom is 0.214 e. The van der Waals surface area contributed by atoms with E-state index in [4.69, 9.17) is 4.74 Å². The molecule has 6 heteroatoms. The summed E-state index contributed by atoms with van der Waals surface area (Å²) < 4.78 is 5.62.